The Bertz CT molecular complexity index is 548. The molecule has 3 aliphatic heterocycles. The zero-order valence-electron chi connectivity index (χ0n) is 12.6. The molecule has 0 amide bonds. The molecule has 1 fully saturated rings. The molecule has 0 bridgehead atoms. The highest BCUT2D eigenvalue weighted by Gasteiger charge is 2.39. The number of fused-ring (bicyclic) bond motifs is 3. The highest BCUT2D eigenvalue weighted by molar-refractivity contribution is 6.17. The first-order valence-electron chi connectivity index (χ1n) is 7.38. The molecule has 3 aliphatic rings. The third kappa shape index (κ3) is 2.67. The molecular weight excluding hydrogens is 323 g/mol. The Morgan fingerprint density at radius 1 is 1.05 bits per heavy atom. The normalized spacial score (nSPS) is 21.4. The summed E-state index contributed by atoms with van der Waals surface area (Å²) in [6.07, 6.45) is 0.321. The van der Waals surface area contributed by atoms with E-state index in [1.54, 1.807) is 0 Å². The Morgan fingerprint density at radius 3 is 2.45 bits per heavy atom. The smallest absolute Gasteiger partial charge is 0.207 e. The van der Waals surface area contributed by atoms with Gasteiger partial charge in [-0.1, -0.05) is 12.1 Å². The molecule has 0 N–H and O–H groups in total. The van der Waals surface area contributed by atoms with Crippen LogP contribution < -0.4 is 9.80 Å². The van der Waals surface area contributed by atoms with E-state index in [0.29, 0.717) is 6.17 Å². The first-order chi connectivity index (χ1) is 9.86. The molecule has 4 rings (SSSR count). The minimum Gasteiger partial charge on any atom is -0.379 e. The molecule has 122 valence electrons. The van der Waals surface area contributed by atoms with Crippen LogP contribution in [0.5, 0.6) is 0 Å². The van der Waals surface area contributed by atoms with Gasteiger partial charge in [0.1, 0.15) is 0 Å². The minimum atomic E-state index is 0. The van der Waals surface area contributed by atoms with Crippen LogP contribution >= 0.6 is 24.8 Å². The summed E-state index contributed by atoms with van der Waals surface area (Å²) in [7, 11) is 0. The second kappa shape index (κ2) is 7.04. The average molecular weight is 345 g/mol. The second-order valence-electron chi connectivity index (χ2n) is 5.47. The van der Waals surface area contributed by atoms with E-state index >= 15 is 0 Å². The molecule has 0 aromatic heterocycles. The van der Waals surface area contributed by atoms with Crippen LogP contribution in [-0.2, 0) is 4.74 Å². The van der Waals surface area contributed by atoms with Crippen LogP contribution in [0.1, 0.15) is 6.92 Å². The third-order valence-corrected chi connectivity index (χ3v) is 4.41. The number of para-hydroxylation sites is 2. The van der Waals surface area contributed by atoms with Crippen molar-refractivity contribution in [2.45, 2.75) is 13.1 Å². The molecule has 1 aromatic carbocycles. The fourth-order valence-corrected chi connectivity index (χ4v) is 3.36. The third-order valence-electron chi connectivity index (χ3n) is 4.41. The van der Waals surface area contributed by atoms with Crippen molar-refractivity contribution in [3.63, 3.8) is 0 Å². The van der Waals surface area contributed by atoms with Crippen molar-refractivity contribution in [3.8, 4) is 0 Å². The van der Waals surface area contributed by atoms with Gasteiger partial charge in [0, 0.05) is 19.6 Å². The largest absolute Gasteiger partial charge is 0.379 e. The van der Waals surface area contributed by atoms with Gasteiger partial charge in [-0.2, -0.15) is 0 Å². The monoisotopic (exact) mass is 344 g/mol. The summed E-state index contributed by atoms with van der Waals surface area (Å²) in [6, 6.07) is 8.62. The van der Waals surface area contributed by atoms with Gasteiger partial charge in [0.25, 0.3) is 0 Å². The highest BCUT2D eigenvalue weighted by atomic mass is 35.5. The van der Waals surface area contributed by atoms with E-state index in [2.05, 4.69) is 45.9 Å². The first-order valence-corrected chi connectivity index (χ1v) is 7.38. The number of guanidine groups is 1. The van der Waals surface area contributed by atoms with E-state index in [0.717, 1.165) is 45.4 Å². The van der Waals surface area contributed by atoms with Crippen LogP contribution in [0.3, 0.4) is 0 Å². The van der Waals surface area contributed by atoms with Gasteiger partial charge in [0.15, 0.2) is 0 Å². The summed E-state index contributed by atoms with van der Waals surface area (Å²) >= 11 is 0. The molecule has 1 aromatic rings. The molecule has 22 heavy (non-hydrogen) atoms. The van der Waals surface area contributed by atoms with Crippen LogP contribution in [-0.4, -0.2) is 56.4 Å². The molecule has 5 nitrogen and oxygen atoms in total. The van der Waals surface area contributed by atoms with Gasteiger partial charge >= 0.3 is 0 Å². The fraction of sp³-hybridized carbons (Fsp3) is 0.533. The number of aliphatic imine (C=N–C) groups is 1. The number of benzene rings is 1. The topological polar surface area (TPSA) is 31.3 Å². The van der Waals surface area contributed by atoms with Crippen LogP contribution in [0.4, 0.5) is 11.4 Å². The molecule has 3 heterocycles. The van der Waals surface area contributed by atoms with Crippen molar-refractivity contribution >= 4 is 42.1 Å². The van der Waals surface area contributed by atoms with Crippen molar-refractivity contribution in [1.29, 1.82) is 0 Å². The summed E-state index contributed by atoms with van der Waals surface area (Å²) < 4.78 is 5.47. The van der Waals surface area contributed by atoms with E-state index in [-0.39, 0.29) is 24.8 Å². The Labute approximate surface area is 143 Å². The summed E-state index contributed by atoms with van der Waals surface area (Å²) in [4.78, 5) is 11.9. The number of rotatable bonds is 2. The second-order valence-corrected chi connectivity index (χ2v) is 5.47. The van der Waals surface area contributed by atoms with Crippen LogP contribution in [0.2, 0.25) is 0 Å². The molecular formula is C15H22Cl2N4O. The number of hydrogen-bond acceptors (Lipinski definition) is 5. The molecule has 7 heteroatoms. The zero-order chi connectivity index (χ0) is 13.5. The summed E-state index contributed by atoms with van der Waals surface area (Å²) in [6.45, 7) is 7.81. The lowest BCUT2D eigenvalue weighted by molar-refractivity contribution is 0.0221. The van der Waals surface area contributed by atoms with E-state index in [4.69, 9.17) is 9.73 Å². The van der Waals surface area contributed by atoms with E-state index in [1.807, 2.05) is 0 Å². The number of ether oxygens (including phenoxy) is 1. The Balaban J connectivity index is 0.000000882. The van der Waals surface area contributed by atoms with Crippen molar-refractivity contribution < 1.29 is 4.74 Å². The lowest BCUT2D eigenvalue weighted by Gasteiger charge is -2.38. The van der Waals surface area contributed by atoms with Gasteiger partial charge in [-0.05, 0) is 19.1 Å². The lowest BCUT2D eigenvalue weighted by Crippen LogP contribution is -2.53. The Kier molecular flexibility index (Phi) is 5.55. The highest BCUT2D eigenvalue weighted by Crippen LogP contribution is 2.40. The van der Waals surface area contributed by atoms with Gasteiger partial charge in [-0.25, -0.2) is 0 Å². The Hall–Kier alpha value is -1.01. The maximum atomic E-state index is 5.47. The zero-order valence-corrected chi connectivity index (χ0v) is 14.3. The fourth-order valence-electron chi connectivity index (χ4n) is 3.36. The van der Waals surface area contributed by atoms with Gasteiger partial charge in [0.05, 0.1) is 37.3 Å². The first kappa shape index (κ1) is 17.3. The van der Waals surface area contributed by atoms with Crippen molar-refractivity contribution in [2.24, 2.45) is 4.99 Å². The molecule has 0 spiro atoms. The number of nitrogens with zero attached hydrogens (tertiary/aromatic N) is 4. The molecule has 0 radical (unpaired) electrons. The van der Waals surface area contributed by atoms with Crippen LogP contribution in [0.25, 0.3) is 0 Å². The Morgan fingerprint density at radius 2 is 1.73 bits per heavy atom. The lowest BCUT2D eigenvalue weighted by atomic mass is 10.2. The summed E-state index contributed by atoms with van der Waals surface area (Å²) in [5.74, 6) is 1.12. The van der Waals surface area contributed by atoms with E-state index in [9.17, 15) is 0 Å². The predicted molar refractivity (Wildman–Crippen MR) is 94.9 cm³/mol. The maximum Gasteiger partial charge on any atom is 0.207 e. The van der Waals surface area contributed by atoms with Crippen molar-refractivity contribution in [2.75, 3.05) is 49.2 Å². The average Bonchev–Trinajstić information content (AvgIpc) is 3.08. The van der Waals surface area contributed by atoms with Gasteiger partial charge in [-0.15, -0.1) is 24.8 Å². The number of hydrogen-bond donors (Lipinski definition) is 0. The summed E-state index contributed by atoms with van der Waals surface area (Å²) in [5, 5.41) is 0. The van der Waals surface area contributed by atoms with Crippen LogP contribution in [0, 0.1) is 0 Å². The standard InChI is InChI=1S/C15H20N4O.2ClH/c1-12(17-8-10-20-11-9-17)19-14-5-3-2-4-13(14)18-7-6-16-15(18)19;;/h2-5,12H,6-11H2,1H3;2*1H. The molecule has 0 aliphatic carbocycles. The predicted octanol–water partition coefficient (Wildman–Crippen LogP) is 2.20. The SMILES string of the molecule is CC(N1CCOCC1)N1C2=NCCN2c2ccccc21.Cl.Cl. The van der Waals surface area contributed by atoms with Crippen molar-refractivity contribution in [1.82, 2.24) is 4.90 Å². The van der Waals surface area contributed by atoms with Crippen LogP contribution in [0.15, 0.2) is 29.3 Å². The van der Waals surface area contributed by atoms with Gasteiger partial charge in [-0.3, -0.25) is 14.8 Å². The van der Waals surface area contributed by atoms with Crippen molar-refractivity contribution in [3.05, 3.63) is 24.3 Å². The maximum absolute atomic E-state index is 5.47. The summed E-state index contributed by atoms with van der Waals surface area (Å²) in [5.41, 5.74) is 2.58. The number of halogens is 2. The van der Waals surface area contributed by atoms with Gasteiger partial charge in [0.2, 0.25) is 5.96 Å². The van der Waals surface area contributed by atoms with E-state index < -0.39 is 0 Å². The molecule has 1 atom stereocenters. The molecule has 1 saturated heterocycles. The molecule has 0 saturated carbocycles. The number of anilines is 2. The van der Waals surface area contributed by atoms with Gasteiger partial charge < -0.3 is 9.64 Å². The molecule has 1 unspecified atom stereocenters. The van der Waals surface area contributed by atoms with E-state index in [1.165, 1.54) is 11.4 Å². The quantitative estimate of drug-likeness (QED) is 0.823. The number of morpholine rings is 1. The minimum absolute atomic E-state index is 0.